The molecule has 12 heteroatoms. The summed E-state index contributed by atoms with van der Waals surface area (Å²) in [5, 5.41) is 12.8. The molecule has 0 radical (unpaired) electrons. The fraction of sp³-hybridized carbons (Fsp3) is 0.129. The van der Waals surface area contributed by atoms with Gasteiger partial charge in [-0.1, -0.05) is 30.3 Å². The number of hydrogen-bond acceptors (Lipinski definition) is 6. The van der Waals surface area contributed by atoms with Crippen molar-refractivity contribution in [1.82, 2.24) is 5.32 Å². The van der Waals surface area contributed by atoms with Crippen LogP contribution in [0.25, 0.3) is 21.9 Å². The zero-order valence-corrected chi connectivity index (χ0v) is 22.3. The lowest BCUT2D eigenvalue weighted by Gasteiger charge is -2.23. The molecule has 0 spiro atoms. The first-order valence-corrected chi connectivity index (χ1v) is 12.9. The lowest BCUT2D eigenvalue weighted by Crippen LogP contribution is -2.33. The van der Waals surface area contributed by atoms with Crippen LogP contribution in [0, 0.1) is 0 Å². The second-order valence-electron chi connectivity index (χ2n) is 9.35. The standard InChI is InChI=1S/C31H23F3N2O7/c32-31(33,34)43-22-11-5-19(6-12-22)18-36(21-9-7-20(8-10-21)29(39)35-16-15-28(37)38)30(40)41-23-13-14-27-25(17-23)24-3-1-2-4-26(24)42-27/h1-14,17H,15-16,18H2,(H,35,39)(H,37,38). The number of hydrogen-bond donors (Lipinski definition) is 2. The molecule has 0 aliphatic rings. The van der Waals surface area contributed by atoms with E-state index in [1.165, 1.54) is 41.3 Å². The summed E-state index contributed by atoms with van der Waals surface area (Å²) in [4.78, 5) is 37.8. The van der Waals surface area contributed by atoms with Crippen LogP contribution >= 0.6 is 0 Å². The molecule has 0 unspecified atom stereocenters. The number of nitrogens with zero attached hydrogens (tertiary/aromatic N) is 1. The van der Waals surface area contributed by atoms with Gasteiger partial charge in [0.15, 0.2) is 0 Å². The van der Waals surface area contributed by atoms with Crippen LogP contribution in [0.1, 0.15) is 22.3 Å². The van der Waals surface area contributed by atoms with E-state index in [2.05, 4.69) is 10.1 Å². The number of para-hydroxylation sites is 1. The number of carbonyl (C=O) groups is 3. The van der Waals surface area contributed by atoms with Gasteiger partial charge in [-0.05, 0) is 66.2 Å². The summed E-state index contributed by atoms with van der Waals surface area (Å²) in [5.74, 6) is -1.73. The van der Waals surface area contributed by atoms with E-state index in [0.717, 1.165) is 22.9 Å². The predicted octanol–water partition coefficient (Wildman–Crippen LogP) is 6.89. The van der Waals surface area contributed by atoms with E-state index < -0.39 is 30.1 Å². The lowest BCUT2D eigenvalue weighted by molar-refractivity contribution is -0.274. The molecule has 1 heterocycles. The number of anilines is 1. The summed E-state index contributed by atoms with van der Waals surface area (Å²) in [6, 6.07) is 23.3. The minimum absolute atomic E-state index is 0.0568. The zero-order valence-electron chi connectivity index (χ0n) is 22.3. The van der Waals surface area contributed by atoms with Gasteiger partial charge < -0.3 is 24.3 Å². The Kier molecular flexibility index (Phi) is 8.19. The maximum atomic E-state index is 13.5. The monoisotopic (exact) mass is 592 g/mol. The number of aliphatic carboxylic acids is 1. The Morgan fingerprint density at radius 1 is 0.837 bits per heavy atom. The minimum Gasteiger partial charge on any atom is -0.481 e. The number of carbonyl (C=O) groups excluding carboxylic acids is 2. The van der Waals surface area contributed by atoms with Crippen LogP contribution in [0.3, 0.4) is 0 Å². The van der Waals surface area contributed by atoms with Gasteiger partial charge in [0.25, 0.3) is 5.91 Å². The van der Waals surface area contributed by atoms with Gasteiger partial charge in [0.1, 0.15) is 22.7 Å². The van der Waals surface area contributed by atoms with Crippen LogP contribution in [0.15, 0.2) is 95.4 Å². The average molecular weight is 593 g/mol. The van der Waals surface area contributed by atoms with Crippen LogP contribution < -0.4 is 19.7 Å². The topological polar surface area (TPSA) is 118 Å². The Labute approximate surface area is 242 Å². The Bertz CT molecular complexity index is 1780. The van der Waals surface area contributed by atoms with Gasteiger partial charge in [0, 0.05) is 28.6 Å². The van der Waals surface area contributed by atoms with E-state index in [4.69, 9.17) is 14.3 Å². The van der Waals surface area contributed by atoms with Crippen LogP contribution in [-0.4, -0.2) is 36.0 Å². The van der Waals surface area contributed by atoms with Gasteiger partial charge >= 0.3 is 18.4 Å². The molecule has 9 nitrogen and oxygen atoms in total. The van der Waals surface area contributed by atoms with Crippen molar-refractivity contribution in [1.29, 1.82) is 0 Å². The lowest BCUT2D eigenvalue weighted by atomic mass is 10.1. The first-order chi connectivity index (χ1) is 20.6. The molecule has 0 aliphatic heterocycles. The number of furan rings is 1. The number of halogens is 3. The molecule has 2 amide bonds. The summed E-state index contributed by atoms with van der Waals surface area (Å²) < 4.78 is 53.2. The number of fused-ring (bicyclic) bond motifs is 3. The average Bonchev–Trinajstić information content (AvgIpc) is 3.34. The zero-order chi connectivity index (χ0) is 30.6. The Hall–Kier alpha value is -5.52. The maximum absolute atomic E-state index is 13.5. The molecular formula is C31H23F3N2O7. The summed E-state index contributed by atoms with van der Waals surface area (Å²) >= 11 is 0. The molecule has 220 valence electrons. The second kappa shape index (κ2) is 12.1. The summed E-state index contributed by atoms with van der Waals surface area (Å²) in [6.45, 7) is -0.148. The van der Waals surface area contributed by atoms with Crippen molar-refractivity contribution in [3.63, 3.8) is 0 Å². The highest BCUT2D eigenvalue weighted by Crippen LogP contribution is 2.32. The molecule has 0 fully saturated rings. The highest BCUT2D eigenvalue weighted by Gasteiger charge is 2.31. The third-order valence-electron chi connectivity index (χ3n) is 6.34. The number of amides is 2. The highest BCUT2D eigenvalue weighted by atomic mass is 19.4. The van der Waals surface area contributed by atoms with Crippen LogP contribution in [0.5, 0.6) is 11.5 Å². The van der Waals surface area contributed by atoms with E-state index in [-0.39, 0.29) is 30.8 Å². The molecule has 0 atom stereocenters. The molecule has 0 aliphatic carbocycles. The number of carboxylic acid groups (broad SMARTS) is 1. The normalized spacial score (nSPS) is 11.3. The fourth-order valence-corrected chi connectivity index (χ4v) is 4.34. The molecule has 4 aromatic carbocycles. The van der Waals surface area contributed by atoms with Crippen LogP contribution in [0.4, 0.5) is 23.7 Å². The third-order valence-corrected chi connectivity index (χ3v) is 6.34. The van der Waals surface area contributed by atoms with Gasteiger partial charge in [-0.15, -0.1) is 13.2 Å². The van der Waals surface area contributed by atoms with Gasteiger partial charge in [-0.3, -0.25) is 14.5 Å². The maximum Gasteiger partial charge on any atom is 0.573 e. The van der Waals surface area contributed by atoms with Gasteiger partial charge in [-0.2, -0.15) is 0 Å². The van der Waals surface area contributed by atoms with Crippen molar-refractivity contribution >= 4 is 45.6 Å². The molecule has 0 saturated carbocycles. The number of ether oxygens (including phenoxy) is 2. The van der Waals surface area contributed by atoms with Crippen molar-refractivity contribution in [3.05, 3.63) is 102 Å². The van der Waals surface area contributed by atoms with Crippen molar-refractivity contribution in [2.75, 3.05) is 11.4 Å². The van der Waals surface area contributed by atoms with E-state index in [1.807, 2.05) is 24.3 Å². The molecule has 5 aromatic rings. The Morgan fingerprint density at radius 2 is 1.51 bits per heavy atom. The van der Waals surface area contributed by atoms with Crippen molar-refractivity contribution in [3.8, 4) is 11.5 Å². The third kappa shape index (κ3) is 7.22. The Morgan fingerprint density at radius 3 is 2.21 bits per heavy atom. The van der Waals surface area contributed by atoms with Crippen molar-refractivity contribution < 1.29 is 46.6 Å². The molecule has 0 bridgehead atoms. The van der Waals surface area contributed by atoms with E-state index in [0.29, 0.717) is 22.4 Å². The second-order valence-corrected chi connectivity index (χ2v) is 9.35. The summed E-state index contributed by atoms with van der Waals surface area (Å²) in [6.07, 6.45) is -5.88. The van der Waals surface area contributed by atoms with Crippen molar-refractivity contribution in [2.45, 2.75) is 19.3 Å². The van der Waals surface area contributed by atoms with Crippen LogP contribution in [-0.2, 0) is 11.3 Å². The largest absolute Gasteiger partial charge is 0.573 e. The highest BCUT2D eigenvalue weighted by molar-refractivity contribution is 6.05. The molecule has 5 rings (SSSR count). The molecule has 43 heavy (non-hydrogen) atoms. The fourth-order valence-electron chi connectivity index (χ4n) is 4.34. The van der Waals surface area contributed by atoms with Crippen LogP contribution in [0.2, 0.25) is 0 Å². The first kappa shape index (κ1) is 29.0. The van der Waals surface area contributed by atoms with E-state index >= 15 is 0 Å². The number of nitrogens with one attached hydrogen (secondary N) is 1. The smallest absolute Gasteiger partial charge is 0.481 e. The Balaban J connectivity index is 1.39. The molecule has 1 aromatic heterocycles. The van der Waals surface area contributed by atoms with Gasteiger partial charge in [0.2, 0.25) is 0 Å². The van der Waals surface area contributed by atoms with E-state index in [1.54, 1.807) is 18.2 Å². The minimum atomic E-state index is -4.85. The quantitative estimate of drug-likeness (QED) is 0.191. The predicted molar refractivity (Wildman–Crippen MR) is 150 cm³/mol. The molecule has 2 N–H and O–H groups in total. The summed E-state index contributed by atoms with van der Waals surface area (Å²) in [7, 11) is 0. The SMILES string of the molecule is O=C(O)CCNC(=O)c1ccc(N(Cc2ccc(OC(F)(F)F)cc2)C(=O)Oc2ccc3oc4ccccc4c3c2)cc1. The molecule has 0 saturated heterocycles. The van der Waals surface area contributed by atoms with Crippen molar-refractivity contribution in [2.24, 2.45) is 0 Å². The number of benzene rings is 4. The number of alkyl halides is 3. The number of carboxylic acids is 1. The van der Waals surface area contributed by atoms with Gasteiger partial charge in [0.05, 0.1) is 13.0 Å². The van der Waals surface area contributed by atoms with Gasteiger partial charge in [-0.25, -0.2) is 4.79 Å². The molecular weight excluding hydrogens is 569 g/mol. The number of rotatable bonds is 9. The van der Waals surface area contributed by atoms with E-state index in [9.17, 15) is 27.6 Å². The first-order valence-electron chi connectivity index (χ1n) is 12.9. The summed E-state index contributed by atoms with van der Waals surface area (Å²) in [5.41, 5.74) is 2.31.